The Bertz CT molecular complexity index is 1410. The fourth-order valence-corrected chi connectivity index (χ4v) is 6.22. The van der Waals surface area contributed by atoms with E-state index in [-0.39, 0.29) is 27.2 Å². The van der Waals surface area contributed by atoms with Crippen LogP contribution in [0.25, 0.3) is 0 Å². The number of sulfone groups is 1. The second-order valence-corrected chi connectivity index (χ2v) is 13.0. The first kappa shape index (κ1) is 26.7. The second kappa shape index (κ2) is 10.2. The maximum atomic E-state index is 12.9. The normalized spacial score (nSPS) is 14.9. The van der Waals surface area contributed by atoms with E-state index in [9.17, 15) is 8.42 Å². The van der Waals surface area contributed by atoms with Crippen molar-refractivity contribution < 1.29 is 13.2 Å². The number of hydrogen-bond donors (Lipinski definition) is 3. The number of hydrogen-bond acceptors (Lipinski definition) is 8. The lowest BCUT2D eigenvalue weighted by atomic mass is 9.85. The molecular formula is C25H29BrClN5O3S. The third-order valence-corrected chi connectivity index (χ3v) is 9.58. The summed E-state index contributed by atoms with van der Waals surface area (Å²) >= 11 is 10.2. The van der Waals surface area contributed by atoms with Gasteiger partial charge in [0, 0.05) is 16.6 Å². The summed E-state index contributed by atoms with van der Waals surface area (Å²) in [5, 5.41) is 9.54. The molecule has 0 unspecified atom stereocenters. The molecule has 192 valence electrons. The van der Waals surface area contributed by atoms with Crippen molar-refractivity contribution in [2.24, 2.45) is 0 Å². The smallest absolute Gasteiger partial charge is 0.229 e. The van der Waals surface area contributed by atoms with Crippen LogP contribution in [0.15, 0.2) is 45.9 Å². The minimum atomic E-state index is -3.52. The minimum Gasteiger partial charge on any atom is -0.495 e. The molecule has 1 aliphatic rings. The summed E-state index contributed by atoms with van der Waals surface area (Å²) in [6.45, 7) is 8.43. The molecule has 11 heteroatoms. The molecule has 2 heterocycles. The van der Waals surface area contributed by atoms with E-state index < -0.39 is 15.1 Å². The van der Waals surface area contributed by atoms with Gasteiger partial charge in [-0.2, -0.15) is 4.98 Å². The summed E-state index contributed by atoms with van der Waals surface area (Å²) in [6, 6.07) is 8.71. The van der Waals surface area contributed by atoms with Crippen LogP contribution in [0.2, 0.25) is 5.02 Å². The zero-order valence-electron chi connectivity index (χ0n) is 20.7. The van der Waals surface area contributed by atoms with Gasteiger partial charge in [0.15, 0.2) is 15.7 Å². The van der Waals surface area contributed by atoms with Gasteiger partial charge in [-0.15, -0.1) is 0 Å². The van der Waals surface area contributed by atoms with E-state index in [1.807, 2.05) is 6.07 Å². The van der Waals surface area contributed by atoms with Gasteiger partial charge in [-0.1, -0.05) is 23.7 Å². The lowest BCUT2D eigenvalue weighted by Gasteiger charge is -2.35. The summed E-state index contributed by atoms with van der Waals surface area (Å²) in [7, 11) is -1.91. The van der Waals surface area contributed by atoms with Crippen molar-refractivity contribution in [2.45, 2.75) is 49.8 Å². The summed E-state index contributed by atoms with van der Waals surface area (Å²) in [4.78, 5) is 9.05. The molecule has 0 saturated carbocycles. The first-order valence-corrected chi connectivity index (χ1v) is 14.2. The highest BCUT2D eigenvalue weighted by Gasteiger charge is 2.31. The van der Waals surface area contributed by atoms with Crippen molar-refractivity contribution in [1.29, 1.82) is 0 Å². The molecular weight excluding hydrogens is 566 g/mol. The Labute approximate surface area is 225 Å². The Hall–Kier alpha value is -2.40. The Morgan fingerprint density at radius 1 is 1.22 bits per heavy atom. The van der Waals surface area contributed by atoms with Crippen LogP contribution in [0.5, 0.6) is 5.75 Å². The number of aromatic nitrogens is 2. The molecule has 0 radical (unpaired) electrons. The highest BCUT2D eigenvalue weighted by atomic mass is 79.9. The molecule has 0 atom stereocenters. The van der Waals surface area contributed by atoms with E-state index in [4.69, 9.17) is 16.3 Å². The van der Waals surface area contributed by atoms with Crippen LogP contribution in [-0.4, -0.2) is 37.3 Å². The highest BCUT2D eigenvalue weighted by molar-refractivity contribution is 9.10. The third kappa shape index (κ3) is 5.04. The van der Waals surface area contributed by atoms with Crippen molar-refractivity contribution in [3.05, 3.63) is 57.2 Å². The summed E-state index contributed by atoms with van der Waals surface area (Å²) in [6.07, 6.45) is 2.32. The monoisotopic (exact) mass is 593 g/mol. The molecule has 0 fully saturated rings. The first-order valence-electron chi connectivity index (χ1n) is 11.5. The van der Waals surface area contributed by atoms with Crippen LogP contribution >= 0.6 is 27.5 Å². The van der Waals surface area contributed by atoms with Gasteiger partial charge in [-0.25, -0.2) is 13.4 Å². The van der Waals surface area contributed by atoms with E-state index in [0.29, 0.717) is 17.1 Å². The van der Waals surface area contributed by atoms with Crippen LogP contribution in [0.4, 0.5) is 23.1 Å². The number of methoxy groups -OCH3 is 1. The molecule has 0 bridgehead atoms. The molecule has 4 rings (SSSR count). The topological polar surface area (TPSA) is 105 Å². The largest absolute Gasteiger partial charge is 0.495 e. The standard InChI is InChI=1S/C25H29BrClN5O3S/c1-14(2)36(33,34)20-9-7-6-8-18(20)30-23-17(27)13-28-24(32-23)31-22-19(35-5)12-16-15(21(22)26)10-11-29-25(16,3)4/h6-9,12-14,29H,10-11H2,1-5H3,(H2,28,30,31,32). The van der Waals surface area contributed by atoms with Crippen LogP contribution < -0.4 is 20.7 Å². The zero-order chi connectivity index (χ0) is 26.3. The molecule has 36 heavy (non-hydrogen) atoms. The number of nitrogens with one attached hydrogen (secondary N) is 3. The Kier molecular flexibility index (Phi) is 7.52. The predicted molar refractivity (Wildman–Crippen MR) is 148 cm³/mol. The number of halogens is 2. The SMILES string of the molecule is COc1cc2c(c(Br)c1Nc1ncc(Cl)c(Nc3ccccc3S(=O)(=O)C(C)C)n1)CCNC2(C)C. The van der Waals surface area contributed by atoms with Crippen molar-refractivity contribution in [1.82, 2.24) is 15.3 Å². The van der Waals surface area contributed by atoms with E-state index in [2.05, 4.69) is 55.7 Å². The van der Waals surface area contributed by atoms with Crippen molar-refractivity contribution in [2.75, 3.05) is 24.3 Å². The highest BCUT2D eigenvalue weighted by Crippen LogP contribution is 2.44. The number of para-hydroxylation sites is 1. The van der Waals surface area contributed by atoms with Gasteiger partial charge in [0.05, 0.1) is 34.8 Å². The minimum absolute atomic E-state index is 0.180. The molecule has 1 aromatic heterocycles. The second-order valence-electron chi connectivity index (χ2n) is 9.33. The van der Waals surface area contributed by atoms with Crippen molar-refractivity contribution in [3.8, 4) is 5.75 Å². The summed E-state index contributed by atoms with van der Waals surface area (Å²) in [5.41, 5.74) is 3.23. The van der Waals surface area contributed by atoms with E-state index in [1.165, 1.54) is 11.8 Å². The number of rotatable bonds is 7. The van der Waals surface area contributed by atoms with E-state index in [0.717, 1.165) is 23.0 Å². The zero-order valence-corrected chi connectivity index (χ0v) is 23.9. The average Bonchev–Trinajstić information content (AvgIpc) is 2.83. The number of benzene rings is 2. The quantitative estimate of drug-likeness (QED) is 0.308. The third-order valence-electron chi connectivity index (χ3n) is 6.21. The maximum Gasteiger partial charge on any atom is 0.229 e. The van der Waals surface area contributed by atoms with Crippen LogP contribution in [0, 0.1) is 0 Å². The number of fused-ring (bicyclic) bond motifs is 1. The molecule has 2 aromatic carbocycles. The molecule has 1 aliphatic heterocycles. The predicted octanol–water partition coefficient (Wildman–Crippen LogP) is 5.95. The van der Waals surface area contributed by atoms with Crippen molar-refractivity contribution in [3.63, 3.8) is 0 Å². The Morgan fingerprint density at radius 2 is 1.94 bits per heavy atom. The van der Waals surface area contributed by atoms with Crippen LogP contribution in [0.3, 0.4) is 0 Å². The van der Waals surface area contributed by atoms with Gasteiger partial charge in [-0.3, -0.25) is 0 Å². The summed E-state index contributed by atoms with van der Waals surface area (Å²) in [5.74, 6) is 1.19. The fraction of sp³-hybridized carbons (Fsp3) is 0.360. The van der Waals surface area contributed by atoms with Crippen LogP contribution in [-0.2, 0) is 21.8 Å². The Morgan fingerprint density at radius 3 is 2.64 bits per heavy atom. The number of nitrogens with zero attached hydrogens (tertiary/aromatic N) is 2. The number of ether oxygens (including phenoxy) is 1. The summed E-state index contributed by atoms with van der Waals surface area (Å²) < 4.78 is 32.3. The van der Waals surface area contributed by atoms with Gasteiger partial charge in [0.1, 0.15) is 10.8 Å². The van der Waals surface area contributed by atoms with E-state index in [1.54, 1.807) is 45.2 Å². The van der Waals surface area contributed by atoms with Crippen molar-refractivity contribution >= 4 is 60.5 Å². The molecule has 3 aromatic rings. The van der Waals surface area contributed by atoms with Gasteiger partial charge >= 0.3 is 0 Å². The van der Waals surface area contributed by atoms with Gasteiger partial charge in [-0.05, 0) is 79.4 Å². The maximum absolute atomic E-state index is 12.9. The van der Waals surface area contributed by atoms with Gasteiger partial charge in [0.25, 0.3) is 0 Å². The van der Waals surface area contributed by atoms with Crippen LogP contribution in [0.1, 0.15) is 38.8 Å². The lowest BCUT2D eigenvalue weighted by molar-refractivity contribution is 0.373. The molecule has 8 nitrogen and oxygen atoms in total. The van der Waals surface area contributed by atoms with E-state index >= 15 is 0 Å². The molecule has 3 N–H and O–H groups in total. The average molecular weight is 595 g/mol. The molecule has 0 amide bonds. The molecule has 0 spiro atoms. The van der Waals surface area contributed by atoms with Gasteiger partial charge in [0.2, 0.25) is 5.95 Å². The Balaban J connectivity index is 1.72. The van der Waals surface area contributed by atoms with Gasteiger partial charge < -0.3 is 20.7 Å². The first-order chi connectivity index (χ1) is 17.0. The molecule has 0 aliphatic carbocycles. The fourth-order valence-electron chi connectivity index (χ4n) is 4.17. The molecule has 0 saturated heterocycles. The number of anilines is 4. The lowest BCUT2D eigenvalue weighted by Crippen LogP contribution is -2.42.